The number of hydrogen-bond donors (Lipinski definition) is 1. The van der Waals surface area contributed by atoms with Crippen molar-refractivity contribution in [3.8, 4) is 0 Å². The van der Waals surface area contributed by atoms with Gasteiger partial charge in [-0.25, -0.2) is 4.79 Å². The van der Waals surface area contributed by atoms with Gasteiger partial charge in [-0.05, 0) is 39.5 Å². The van der Waals surface area contributed by atoms with Crippen LogP contribution < -0.4 is 0 Å². The number of hydrogen-bond acceptors (Lipinski definition) is 3. The Hall–Kier alpha value is -0.770. The lowest BCUT2D eigenvalue weighted by Crippen LogP contribution is -2.36. The molecule has 1 saturated carbocycles. The molecule has 104 valence electrons. The molecule has 0 radical (unpaired) electrons. The molecule has 1 saturated heterocycles. The van der Waals surface area contributed by atoms with E-state index in [9.17, 15) is 9.90 Å². The van der Waals surface area contributed by atoms with Crippen molar-refractivity contribution in [2.75, 3.05) is 13.1 Å². The van der Waals surface area contributed by atoms with E-state index in [1.54, 1.807) is 4.90 Å². The van der Waals surface area contributed by atoms with E-state index in [2.05, 4.69) is 0 Å². The van der Waals surface area contributed by atoms with Crippen molar-refractivity contribution in [1.82, 2.24) is 4.90 Å². The van der Waals surface area contributed by atoms with Crippen LogP contribution in [0.2, 0.25) is 0 Å². The second kappa shape index (κ2) is 5.08. The molecule has 2 aliphatic rings. The quantitative estimate of drug-likeness (QED) is 0.842. The zero-order valence-corrected chi connectivity index (χ0v) is 11.7. The number of rotatable bonds is 3. The summed E-state index contributed by atoms with van der Waals surface area (Å²) in [5, 5.41) is 10.1. The molecular formula is C14H25NO3. The highest BCUT2D eigenvalue weighted by Gasteiger charge is 2.35. The second-order valence-electron chi connectivity index (χ2n) is 6.72. The van der Waals surface area contributed by atoms with E-state index in [1.807, 2.05) is 20.8 Å². The van der Waals surface area contributed by atoms with Crippen LogP contribution in [-0.4, -0.2) is 40.9 Å². The Morgan fingerprint density at radius 1 is 1.39 bits per heavy atom. The van der Waals surface area contributed by atoms with Crippen molar-refractivity contribution >= 4 is 6.09 Å². The summed E-state index contributed by atoms with van der Waals surface area (Å²) >= 11 is 0. The molecule has 2 atom stereocenters. The van der Waals surface area contributed by atoms with Gasteiger partial charge < -0.3 is 14.7 Å². The number of aliphatic hydroxyl groups is 1. The van der Waals surface area contributed by atoms with Crippen molar-refractivity contribution in [3.63, 3.8) is 0 Å². The predicted molar refractivity (Wildman–Crippen MR) is 69.3 cm³/mol. The molecule has 0 spiro atoms. The summed E-state index contributed by atoms with van der Waals surface area (Å²) in [7, 11) is 0. The van der Waals surface area contributed by atoms with Crippen LogP contribution in [0, 0.1) is 11.8 Å². The molecule has 4 heteroatoms. The highest BCUT2D eigenvalue weighted by molar-refractivity contribution is 5.68. The van der Waals surface area contributed by atoms with Gasteiger partial charge in [0.15, 0.2) is 0 Å². The summed E-state index contributed by atoms with van der Waals surface area (Å²) in [5.41, 5.74) is -0.443. The van der Waals surface area contributed by atoms with E-state index < -0.39 is 5.60 Å². The maximum atomic E-state index is 11.9. The molecule has 1 aliphatic carbocycles. The normalized spacial score (nSPS) is 26.2. The first-order valence-electron chi connectivity index (χ1n) is 7.01. The summed E-state index contributed by atoms with van der Waals surface area (Å²) in [4.78, 5) is 13.6. The molecule has 1 amide bonds. The Labute approximate surface area is 109 Å². The fraction of sp³-hybridized carbons (Fsp3) is 0.929. The average molecular weight is 255 g/mol. The monoisotopic (exact) mass is 255 g/mol. The van der Waals surface area contributed by atoms with Crippen molar-refractivity contribution in [1.29, 1.82) is 0 Å². The van der Waals surface area contributed by atoms with Gasteiger partial charge in [0.25, 0.3) is 0 Å². The van der Waals surface area contributed by atoms with E-state index in [0.717, 1.165) is 18.8 Å². The summed E-state index contributed by atoms with van der Waals surface area (Å²) in [6, 6.07) is 0. The van der Waals surface area contributed by atoms with Crippen molar-refractivity contribution in [2.24, 2.45) is 11.8 Å². The molecule has 1 N–H and O–H groups in total. The molecule has 2 fully saturated rings. The standard InChI is InChI=1S/C14H25NO3/c1-14(2,3)18-13(17)15-7-6-11(9-15)12(16)8-10-4-5-10/h10-12,16H,4-9H2,1-3H3. The third-order valence-corrected chi connectivity index (χ3v) is 3.69. The van der Waals surface area contributed by atoms with Crippen LogP contribution in [0.3, 0.4) is 0 Å². The number of nitrogens with zero attached hydrogens (tertiary/aromatic N) is 1. The Bertz CT molecular complexity index is 307. The maximum Gasteiger partial charge on any atom is 0.410 e. The molecule has 0 bridgehead atoms. The van der Waals surface area contributed by atoms with Gasteiger partial charge in [0.05, 0.1) is 6.10 Å². The smallest absolute Gasteiger partial charge is 0.410 e. The van der Waals surface area contributed by atoms with Gasteiger partial charge in [0.2, 0.25) is 0 Å². The first-order valence-corrected chi connectivity index (χ1v) is 7.01. The first-order chi connectivity index (χ1) is 8.35. The van der Waals surface area contributed by atoms with Gasteiger partial charge in [0, 0.05) is 19.0 Å². The van der Waals surface area contributed by atoms with E-state index in [-0.39, 0.29) is 18.1 Å². The minimum atomic E-state index is -0.443. The van der Waals surface area contributed by atoms with Crippen LogP contribution in [0.25, 0.3) is 0 Å². The minimum absolute atomic E-state index is 0.234. The maximum absolute atomic E-state index is 11.9. The number of amides is 1. The lowest BCUT2D eigenvalue weighted by atomic mass is 9.97. The van der Waals surface area contributed by atoms with Crippen LogP contribution in [0.4, 0.5) is 4.79 Å². The SMILES string of the molecule is CC(C)(C)OC(=O)N1CCC(C(O)CC2CC2)C1. The van der Waals surface area contributed by atoms with Gasteiger partial charge in [-0.1, -0.05) is 12.8 Å². The number of likely N-dealkylation sites (tertiary alicyclic amines) is 1. The van der Waals surface area contributed by atoms with Crippen LogP contribution >= 0.6 is 0 Å². The second-order valence-corrected chi connectivity index (χ2v) is 6.72. The van der Waals surface area contributed by atoms with Crippen LogP contribution in [-0.2, 0) is 4.74 Å². The highest BCUT2D eigenvalue weighted by Crippen LogP contribution is 2.36. The Morgan fingerprint density at radius 2 is 2.06 bits per heavy atom. The molecule has 4 nitrogen and oxygen atoms in total. The zero-order chi connectivity index (χ0) is 13.3. The van der Waals surface area contributed by atoms with Crippen LogP contribution in [0.1, 0.15) is 46.5 Å². The topological polar surface area (TPSA) is 49.8 Å². The number of aliphatic hydroxyl groups excluding tert-OH is 1. The Morgan fingerprint density at radius 3 is 2.61 bits per heavy atom. The van der Waals surface area contributed by atoms with Crippen molar-refractivity contribution in [2.45, 2.75) is 58.2 Å². The summed E-state index contributed by atoms with van der Waals surface area (Å²) in [6.07, 6.45) is 3.84. The molecule has 2 rings (SSSR count). The molecule has 0 aromatic rings. The highest BCUT2D eigenvalue weighted by atomic mass is 16.6. The van der Waals surface area contributed by atoms with Crippen LogP contribution in [0.5, 0.6) is 0 Å². The fourth-order valence-corrected chi connectivity index (χ4v) is 2.48. The van der Waals surface area contributed by atoms with E-state index in [1.165, 1.54) is 12.8 Å². The molecule has 0 aromatic carbocycles. The van der Waals surface area contributed by atoms with Gasteiger partial charge in [-0.15, -0.1) is 0 Å². The van der Waals surface area contributed by atoms with Gasteiger partial charge >= 0.3 is 6.09 Å². The summed E-state index contributed by atoms with van der Waals surface area (Å²) in [5.74, 6) is 0.966. The summed E-state index contributed by atoms with van der Waals surface area (Å²) in [6.45, 7) is 6.98. The lowest BCUT2D eigenvalue weighted by molar-refractivity contribution is 0.0265. The first kappa shape index (κ1) is 13.7. The van der Waals surface area contributed by atoms with Gasteiger partial charge in [-0.2, -0.15) is 0 Å². The van der Waals surface area contributed by atoms with E-state index in [0.29, 0.717) is 13.1 Å². The van der Waals surface area contributed by atoms with E-state index >= 15 is 0 Å². The van der Waals surface area contributed by atoms with Crippen molar-refractivity contribution in [3.05, 3.63) is 0 Å². The molecule has 0 aromatic heterocycles. The third kappa shape index (κ3) is 3.87. The zero-order valence-electron chi connectivity index (χ0n) is 11.7. The number of carbonyl (C=O) groups is 1. The van der Waals surface area contributed by atoms with Crippen molar-refractivity contribution < 1.29 is 14.6 Å². The summed E-state index contributed by atoms with van der Waals surface area (Å²) < 4.78 is 5.35. The van der Waals surface area contributed by atoms with Gasteiger partial charge in [-0.3, -0.25) is 0 Å². The predicted octanol–water partition coefficient (Wildman–Crippen LogP) is 2.40. The molecule has 1 heterocycles. The molecule has 18 heavy (non-hydrogen) atoms. The Kier molecular flexibility index (Phi) is 3.85. The largest absolute Gasteiger partial charge is 0.444 e. The lowest BCUT2D eigenvalue weighted by Gasteiger charge is -2.25. The molecule has 2 unspecified atom stereocenters. The number of carbonyl (C=O) groups excluding carboxylic acids is 1. The van der Waals surface area contributed by atoms with Gasteiger partial charge in [0.1, 0.15) is 5.60 Å². The van der Waals surface area contributed by atoms with E-state index in [4.69, 9.17) is 4.74 Å². The third-order valence-electron chi connectivity index (χ3n) is 3.69. The fourth-order valence-electron chi connectivity index (χ4n) is 2.48. The molecular weight excluding hydrogens is 230 g/mol. The number of ether oxygens (including phenoxy) is 1. The molecule has 1 aliphatic heterocycles. The average Bonchev–Trinajstić information content (AvgIpc) is 2.91. The Balaban J connectivity index is 1.78. The van der Waals surface area contributed by atoms with Crippen LogP contribution in [0.15, 0.2) is 0 Å². The minimum Gasteiger partial charge on any atom is -0.444 e.